The van der Waals surface area contributed by atoms with Gasteiger partial charge in [0.1, 0.15) is 10.7 Å². The van der Waals surface area contributed by atoms with Gasteiger partial charge in [0, 0.05) is 11.3 Å². The predicted molar refractivity (Wildman–Crippen MR) is 47.7 cm³/mol. The predicted octanol–water partition coefficient (Wildman–Crippen LogP) is 1.57. The first kappa shape index (κ1) is 10.5. The number of thiol groups is 1. The number of hydrogen-bond donors (Lipinski definition) is 1. The lowest BCUT2D eigenvalue weighted by molar-refractivity contribution is 0.619. The molecular weight excluding hydrogens is 184 g/mol. The minimum Gasteiger partial charge on any atom is -0.232 e. The Morgan fingerprint density at radius 1 is 1.18 bits per heavy atom. The van der Waals surface area contributed by atoms with Crippen molar-refractivity contribution in [2.75, 3.05) is 6.26 Å². The molecule has 62 valence electrons. The minimum absolute atomic E-state index is 0.794. The van der Waals surface area contributed by atoms with E-state index in [1.165, 1.54) is 0 Å². The van der Waals surface area contributed by atoms with Crippen molar-refractivity contribution in [2.24, 2.45) is 0 Å². The molecule has 0 heterocycles. The van der Waals surface area contributed by atoms with E-state index in [4.69, 9.17) is 20.0 Å². The van der Waals surface area contributed by atoms with E-state index in [1.807, 2.05) is 30.3 Å². The van der Waals surface area contributed by atoms with Gasteiger partial charge in [-0.05, 0) is 12.1 Å². The minimum atomic E-state index is -2.12. The zero-order valence-electron chi connectivity index (χ0n) is 6.03. The summed E-state index contributed by atoms with van der Waals surface area (Å²) in [5, 5.41) is 0.794. The van der Waals surface area contributed by atoms with Gasteiger partial charge in [-0.3, -0.25) is 0 Å². The monoisotopic (exact) mass is 192 g/mol. The van der Waals surface area contributed by atoms with Gasteiger partial charge in [0.15, 0.2) is 0 Å². The van der Waals surface area contributed by atoms with Gasteiger partial charge in [-0.25, -0.2) is 8.42 Å². The van der Waals surface area contributed by atoms with Gasteiger partial charge in [-0.2, -0.15) is 0 Å². The fraction of sp³-hybridized carbons (Fsp3) is 0.143. The van der Waals surface area contributed by atoms with Gasteiger partial charge in [0.2, 0.25) is 0 Å². The largest absolute Gasteiger partial charge is 0.232 e. The molecule has 0 fully saturated rings. The molecular formula is C7H9ClO2S. The Kier molecular flexibility index (Phi) is 5.88. The van der Waals surface area contributed by atoms with E-state index in [1.54, 1.807) is 0 Å². The van der Waals surface area contributed by atoms with E-state index < -0.39 is 10.7 Å². The highest BCUT2D eigenvalue weighted by molar-refractivity contribution is 7.71. The molecule has 0 saturated carbocycles. The van der Waals surface area contributed by atoms with Crippen LogP contribution in [0.5, 0.6) is 0 Å². The highest BCUT2D eigenvalue weighted by Gasteiger charge is 1.74. The van der Waals surface area contributed by atoms with E-state index in [-0.39, 0.29) is 0 Å². The summed E-state index contributed by atoms with van der Waals surface area (Å²) < 4.78 is 18.1. The van der Waals surface area contributed by atoms with Crippen molar-refractivity contribution in [2.45, 2.75) is 0 Å². The van der Waals surface area contributed by atoms with Crippen LogP contribution < -0.4 is 0 Å². The first-order chi connectivity index (χ1) is 5.13. The second-order valence-electron chi connectivity index (χ2n) is 1.74. The topological polar surface area (TPSA) is 34.1 Å². The Morgan fingerprint density at radius 2 is 1.55 bits per heavy atom. The third-order valence-corrected chi connectivity index (χ3v) is 0.985. The summed E-state index contributed by atoms with van der Waals surface area (Å²) >= 11 is 5.54. The van der Waals surface area contributed by atoms with E-state index in [2.05, 4.69) is 0 Å². The first-order valence-corrected chi connectivity index (χ1v) is 4.91. The van der Waals surface area contributed by atoms with Crippen LogP contribution in [0, 0.1) is 0 Å². The highest BCUT2D eigenvalue weighted by atomic mass is 35.5. The fourth-order valence-corrected chi connectivity index (χ4v) is 0.560. The Bertz CT molecular complexity index is 248. The smallest absolute Gasteiger partial charge is 0.137 e. The van der Waals surface area contributed by atoms with Crippen molar-refractivity contribution in [3.05, 3.63) is 35.4 Å². The maximum absolute atomic E-state index is 9.04. The third kappa shape index (κ3) is 9.46. The lowest BCUT2D eigenvalue weighted by Gasteiger charge is -1.80. The zero-order valence-corrected chi connectivity index (χ0v) is 7.68. The molecule has 0 aliphatic rings. The van der Waals surface area contributed by atoms with Crippen molar-refractivity contribution in [1.29, 1.82) is 0 Å². The summed E-state index contributed by atoms with van der Waals surface area (Å²) in [6, 6.07) is 9.44. The lowest BCUT2D eigenvalue weighted by Crippen LogP contribution is -1.56. The van der Waals surface area contributed by atoms with Crippen LogP contribution in [0.15, 0.2) is 30.3 Å². The average Bonchev–Trinajstić information content (AvgIpc) is 1.87. The Morgan fingerprint density at radius 3 is 1.73 bits per heavy atom. The molecule has 0 bridgehead atoms. The van der Waals surface area contributed by atoms with E-state index in [0.717, 1.165) is 11.3 Å². The Balaban J connectivity index is 0.000000218. The number of hydrogen-bond acceptors (Lipinski definition) is 2. The van der Waals surface area contributed by atoms with Gasteiger partial charge in [-0.1, -0.05) is 29.8 Å². The van der Waals surface area contributed by atoms with Crippen molar-refractivity contribution in [1.82, 2.24) is 0 Å². The van der Waals surface area contributed by atoms with Crippen LogP contribution in [-0.4, -0.2) is 14.7 Å². The molecule has 0 aliphatic carbocycles. The summed E-state index contributed by atoms with van der Waals surface area (Å²) in [5.41, 5.74) is 0. The molecule has 0 unspecified atom stereocenters. The van der Waals surface area contributed by atoms with Crippen molar-refractivity contribution < 1.29 is 8.42 Å². The first-order valence-electron chi connectivity index (χ1n) is 2.91. The third-order valence-electron chi connectivity index (χ3n) is 0.733. The van der Waals surface area contributed by atoms with Crippen molar-refractivity contribution >= 4 is 22.3 Å². The van der Waals surface area contributed by atoms with Crippen LogP contribution in [-0.2, 0) is 10.7 Å². The highest BCUT2D eigenvalue weighted by Crippen LogP contribution is 2.03. The molecule has 0 saturated heterocycles. The van der Waals surface area contributed by atoms with Crippen molar-refractivity contribution in [3.63, 3.8) is 0 Å². The average molecular weight is 193 g/mol. The molecule has 0 N–H and O–H groups in total. The van der Waals surface area contributed by atoms with Gasteiger partial charge in [0.25, 0.3) is 0 Å². The van der Waals surface area contributed by atoms with Gasteiger partial charge in [0.05, 0.1) is 0 Å². The molecule has 0 spiro atoms. The van der Waals surface area contributed by atoms with E-state index >= 15 is 0 Å². The number of rotatable bonds is 0. The Labute approximate surface area is 72.8 Å². The molecule has 0 aromatic heterocycles. The molecule has 0 aliphatic heterocycles. The number of halogens is 1. The molecule has 1 aromatic rings. The van der Waals surface area contributed by atoms with Crippen LogP contribution in [0.3, 0.4) is 0 Å². The second kappa shape index (κ2) is 6.19. The summed E-state index contributed by atoms with van der Waals surface area (Å²) in [6.45, 7) is 0. The fourth-order valence-electron chi connectivity index (χ4n) is 0.415. The molecule has 4 heteroatoms. The molecule has 11 heavy (non-hydrogen) atoms. The molecule has 1 aromatic carbocycles. The zero-order chi connectivity index (χ0) is 8.69. The van der Waals surface area contributed by atoms with Gasteiger partial charge in [-0.15, -0.1) is 0 Å². The van der Waals surface area contributed by atoms with Crippen LogP contribution in [0.4, 0.5) is 0 Å². The molecule has 0 radical (unpaired) electrons. The van der Waals surface area contributed by atoms with Crippen LogP contribution in [0.25, 0.3) is 0 Å². The van der Waals surface area contributed by atoms with E-state index in [9.17, 15) is 0 Å². The van der Waals surface area contributed by atoms with Crippen molar-refractivity contribution in [3.8, 4) is 0 Å². The molecule has 1 rings (SSSR count). The molecule has 0 atom stereocenters. The normalized spacial score (nSPS) is 8.64. The van der Waals surface area contributed by atoms with Crippen LogP contribution in [0.2, 0.25) is 5.02 Å². The summed E-state index contributed by atoms with van der Waals surface area (Å²) in [6.07, 6.45) is 1.12. The molecule has 2 nitrogen and oxygen atoms in total. The summed E-state index contributed by atoms with van der Waals surface area (Å²) in [5.74, 6) is 0. The SMILES string of the molecule is C[SH](=O)=O.Clc1ccccc1. The quantitative estimate of drug-likeness (QED) is 0.634. The van der Waals surface area contributed by atoms with Gasteiger partial charge >= 0.3 is 0 Å². The van der Waals surface area contributed by atoms with Crippen LogP contribution >= 0.6 is 11.6 Å². The van der Waals surface area contributed by atoms with Gasteiger partial charge < -0.3 is 0 Å². The summed E-state index contributed by atoms with van der Waals surface area (Å²) in [4.78, 5) is 0. The lowest BCUT2D eigenvalue weighted by atomic mass is 10.4. The van der Waals surface area contributed by atoms with E-state index in [0.29, 0.717) is 0 Å². The second-order valence-corrected chi connectivity index (χ2v) is 3.05. The molecule has 0 amide bonds. The maximum Gasteiger partial charge on any atom is 0.137 e. The standard InChI is InChI=1S/C6H5Cl.CH4O2S/c7-6-4-2-1-3-5-6;1-4(2)3/h1-5H;4H,1H3. The maximum atomic E-state index is 9.04. The van der Waals surface area contributed by atoms with Crippen LogP contribution in [0.1, 0.15) is 0 Å². The Hall–Kier alpha value is -0.540. The summed E-state index contributed by atoms with van der Waals surface area (Å²) in [7, 11) is -2.12. The number of benzene rings is 1.